The van der Waals surface area contributed by atoms with E-state index in [4.69, 9.17) is 9.47 Å². The molecule has 5 nitrogen and oxygen atoms in total. The summed E-state index contributed by atoms with van der Waals surface area (Å²) in [6, 6.07) is 7.73. The number of methoxy groups -OCH3 is 1. The Balaban J connectivity index is 2.00. The fourth-order valence-electron chi connectivity index (χ4n) is 2.23. The Hall–Kier alpha value is -1.85. The highest BCUT2D eigenvalue weighted by atomic mass is 16.6. The van der Waals surface area contributed by atoms with Crippen molar-refractivity contribution in [2.24, 2.45) is 0 Å². The van der Waals surface area contributed by atoms with E-state index in [2.05, 4.69) is 5.32 Å². The molecule has 0 amide bonds. The van der Waals surface area contributed by atoms with Crippen molar-refractivity contribution in [2.75, 3.05) is 12.4 Å². The lowest BCUT2D eigenvalue weighted by molar-refractivity contribution is -0.140. The number of hydrogen-bond acceptors (Lipinski definition) is 5. The molecular formula is C16H21NO4. The maximum absolute atomic E-state index is 11.5. The molecule has 0 aromatic heterocycles. The maximum Gasteiger partial charge on any atom is 0.308 e. The van der Waals surface area contributed by atoms with Crippen LogP contribution in [0.4, 0.5) is 5.69 Å². The van der Waals surface area contributed by atoms with Gasteiger partial charge in [-0.05, 0) is 30.7 Å². The van der Waals surface area contributed by atoms with Gasteiger partial charge in [-0.3, -0.25) is 4.79 Å². The van der Waals surface area contributed by atoms with Gasteiger partial charge in [0.1, 0.15) is 6.10 Å². The minimum atomic E-state index is -0.557. The van der Waals surface area contributed by atoms with Crippen LogP contribution >= 0.6 is 0 Å². The number of aliphatic hydroxyl groups excluding tert-OH is 1. The Bertz CT molecular complexity index is 496. The average Bonchev–Trinajstić information content (AvgIpc) is 2.79. The van der Waals surface area contributed by atoms with Crippen molar-refractivity contribution in [3.63, 3.8) is 0 Å². The van der Waals surface area contributed by atoms with Crippen LogP contribution in [0.2, 0.25) is 0 Å². The quantitative estimate of drug-likeness (QED) is 0.618. The molecule has 1 aliphatic heterocycles. The molecule has 1 aromatic rings. The fourth-order valence-corrected chi connectivity index (χ4v) is 2.23. The number of rotatable bonds is 6. The van der Waals surface area contributed by atoms with E-state index >= 15 is 0 Å². The maximum atomic E-state index is 11.5. The molecule has 2 N–H and O–H groups in total. The van der Waals surface area contributed by atoms with Gasteiger partial charge in [-0.2, -0.15) is 0 Å². The van der Waals surface area contributed by atoms with Gasteiger partial charge in [-0.1, -0.05) is 18.2 Å². The van der Waals surface area contributed by atoms with Crippen LogP contribution in [0.5, 0.6) is 0 Å². The third-order valence-corrected chi connectivity index (χ3v) is 3.25. The summed E-state index contributed by atoms with van der Waals surface area (Å²) in [7, 11) is 1.66. The van der Waals surface area contributed by atoms with Gasteiger partial charge in [-0.25, -0.2) is 0 Å². The first-order valence-electron chi connectivity index (χ1n) is 6.99. The van der Waals surface area contributed by atoms with Gasteiger partial charge >= 0.3 is 5.97 Å². The summed E-state index contributed by atoms with van der Waals surface area (Å²) in [5, 5.41) is 12.6. The minimum absolute atomic E-state index is 0.124. The molecule has 0 spiro atoms. The molecule has 1 heterocycles. The van der Waals surface area contributed by atoms with Crippen molar-refractivity contribution in [3.8, 4) is 0 Å². The molecule has 21 heavy (non-hydrogen) atoms. The SMILES string of the molecule is COCc1ccc(N[C@H]2CC(=O)O[C@@H]2/C=C/[C@H](C)O)cc1. The van der Waals surface area contributed by atoms with Crippen LogP contribution < -0.4 is 5.32 Å². The van der Waals surface area contributed by atoms with E-state index < -0.39 is 6.10 Å². The third-order valence-electron chi connectivity index (χ3n) is 3.25. The lowest BCUT2D eigenvalue weighted by Crippen LogP contribution is -2.27. The second kappa shape index (κ2) is 7.24. The third kappa shape index (κ3) is 4.58. The number of benzene rings is 1. The van der Waals surface area contributed by atoms with Crippen LogP contribution in [-0.4, -0.2) is 36.4 Å². The number of anilines is 1. The Labute approximate surface area is 124 Å². The molecule has 0 saturated carbocycles. The van der Waals surface area contributed by atoms with E-state index in [-0.39, 0.29) is 18.1 Å². The van der Waals surface area contributed by atoms with Crippen molar-refractivity contribution in [3.05, 3.63) is 42.0 Å². The molecule has 0 aliphatic carbocycles. The van der Waals surface area contributed by atoms with E-state index in [0.717, 1.165) is 11.3 Å². The number of carbonyl (C=O) groups is 1. The van der Waals surface area contributed by atoms with Crippen LogP contribution in [0.3, 0.4) is 0 Å². The molecule has 1 fully saturated rings. The summed E-state index contributed by atoms with van der Waals surface area (Å²) in [6.07, 6.45) is 2.75. The smallest absolute Gasteiger partial charge is 0.308 e. The standard InChI is InChI=1S/C16H21NO4/c1-11(18)3-8-15-14(9-16(19)21-15)17-13-6-4-12(5-7-13)10-20-2/h3-8,11,14-15,17-18H,9-10H2,1-2H3/b8-3+/t11-,14-,15+/m0/s1. The molecule has 0 radical (unpaired) electrons. The highest BCUT2D eigenvalue weighted by Crippen LogP contribution is 2.22. The van der Waals surface area contributed by atoms with E-state index in [1.165, 1.54) is 0 Å². The molecule has 114 valence electrons. The summed E-state index contributed by atoms with van der Waals surface area (Å²) in [6.45, 7) is 2.23. The molecule has 1 aromatic carbocycles. The van der Waals surface area contributed by atoms with Crippen LogP contribution in [0.25, 0.3) is 0 Å². The van der Waals surface area contributed by atoms with E-state index in [1.54, 1.807) is 26.2 Å². The van der Waals surface area contributed by atoms with Crippen LogP contribution in [0, 0.1) is 0 Å². The Morgan fingerprint density at radius 3 is 2.81 bits per heavy atom. The van der Waals surface area contributed by atoms with Gasteiger partial charge in [0.25, 0.3) is 0 Å². The number of hydrogen-bond donors (Lipinski definition) is 2. The molecule has 1 saturated heterocycles. The van der Waals surface area contributed by atoms with Crippen LogP contribution in [0.15, 0.2) is 36.4 Å². The molecular weight excluding hydrogens is 270 g/mol. The number of ether oxygens (including phenoxy) is 2. The van der Waals surface area contributed by atoms with Gasteiger partial charge in [0, 0.05) is 12.8 Å². The zero-order valence-electron chi connectivity index (χ0n) is 12.3. The minimum Gasteiger partial charge on any atom is -0.456 e. The van der Waals surface area contributed by atoms with Crippen molar-refractivity contribution in [2.45, 2.75) is 38.2 Å². The Morgan fingerprint density at radius 1 is 1.48 bits per heavy atom. The molecule has 1 aliphatic rings. The second-order valence-electron chi connectivity index (χ2n) is 5.16. The second-order valence-corrected chi connectivity index (χ2v) is 5.16. The first-order valence-corrected chi connectivity index (χ1v) is 6.99. The van der Waals surface area contributed by atoms with E-state index in [9.17, 15) is 9.90 Å². The molecule has 0 unspecified atom stereocenters. The van der Waals surface area contributed by atoms with Gasteiger partial charge in [-0.15, -0.1) is 0 Å². The van der Waals surface area contributed by atoms with Crippen molar-refractivity contribution in [1.82, 2.24) is 0 Å². The van der Waals surface area contributed by atoms with Crippen LogP contribution in [-0.2, 0) is 20.9 Å². The zero-order chi connectivity index (χ0) is 15.2. The molecule has 2 rings (SSSR count). The van der Waals surface area contributed by atoms with Gasteiger partial charge in [0.15, 0.2) is 0 Å². The molecule has 3 atom stereocenters. The molecule has 0 bridgehead atoms. The fraction of sp³-hybridized carbons (Fsp3) is 0.438. The number of nitrogens with one attached hydrogen (secondary N) is 1. The number of carbonyl (C=O) groups excluding carboxylic acids is 1. The summed E-state index contributed by atoms with van der Waals surface area (Å²) in [5.41, 5.74) is 2.01. The average molecular weight is 291 g/mol. The number of cyclic esters (lactones) is 1. The summed E-state index contributed by atoms with van der Waals surface area (Å²) in [5.74, 6) is -0.233. The number of esters is 1. The highest BCUT2D eigenvalue weighted by molar-refractivity contribution is 5.74. The predicted octanol–water partition coefficient (Wildman–Crippen LogP) is 1.87. The first kappa shape index (κ1) is 15.5. The van der Waals surface area contributed by atoms with E-state index in [0.29, 0.717) is 13.0 Å². The summed E-state index contributed by atoms with van der Waals surface area (Å²) < 4.78 is 10.3. The predicted molar refractivity (Wildman–Crippen MR) is 79.9 cm³/mol. The van der Waals surface area contributed by atoms with Gasteiger partial charge in [0.2, 0.25) is 0 Å². The van der Waals surface area contributed by atoms with Gasteiger partial charge < -0.3 is 19.9 Å². The largest absolute Gasteiger partial charge is 0.456 e. The lowest BCUT2D eigenvalue weighted by atomic mass is 10.1. The van der Waals surface area contributed by atoms with Crippen molar-refractivity contribution in [1.29, 1.82) is 0 Å². The number of aliphatic hydroxyl groups is 1. The zero-order valence-corrected chi connectivity index (χ0v) is 12.3. The van der Waals surface area contributed by atoms with E-state index in [1.807, 2.05) is 24.3 Å². The first-order chi connectivity index (χ1) is 10.1. The summed E-state index contributed by atoms with van der Waals surface area (Å²) >= 11 is 0. The molecule has 5 heteroatoms. The normalized spacial score (nSPS) is 23.3. The van der Waals surface area contributed by atoms with Crippen molar-refractivity contribution < 1.29 is 19.4 Å². The summed E-state index contributed by atoms with van der Waals surface area (Å²) in [4.78, 5) is 11.5. The van der Waals surface area contributed by atoms with Gasteiger partial charge in [0.05, 0.1) is 25.2 Å². The lowest BCUT2D eigenvalue weighted by Gasteiger charge is -2.17. The Morgan fingerprint density at radius 2 is 2.19 bits per heavy atom. The van der Waals surface area contributed by atoms with Crippen molar-refractivity contribution >= 4 is 11.7 Å². The topological polar surface area (TPSA) is 67.8 Å². The Kier molecular flexibility index (Phi) is 5.36. The van der Waals surface area contributed by atoms with Crippen LogP contribution in [0.1, 0.15) is 18.9 Å². The monoisotopic (exact) mass is 291 g/mol. The highest BCUT2D eigenvalue weighted by Gasteiger charge is 2.32.